The minimum absolute atomic E-state index is 0.148. The Morgan fingerprint density at radius 2 is 2.50 bits per heavy atom. The molecule has 6 nitrogen and oxygen atoms in total. The zero-order chi connectivity index (χ0) is 14.2. The molecule has 7 heteroatoms. The molecule has 2 aliphatic heterocycles. The van der Waals surface area contributed by atoms with Gasteiger partial charge in [0, 0.05) is 31.7 Å². The molecule has 0 bridgehead atoms. The number of rotatable bonds is 4. The van der Waals surface area contributed by atoms with Crippen molar-refractivity contribution in [3.05, 3.63) is 17.4 Å². The van der Waals surface area contributed by atoms with Crippen LogP contribution in [0.4, 0.5) is 0 Å². The summed E-state index contributed by atoms with van der Waals surface area (Å²) in [6.07, 6.45) is 3.43. The topological polar surface area (TPSA) is 56.6 Å². The summed E-state index contributed by atoms with van der Waals surface area (Å²) in [4.78, 5) is 14.4. The molecule has 3 rings (SSSR count). The first-order valence-corrected chi connectivity index (χ1v) is 7.08. The van der Waals surface area contributed by atoms with Crippen LogP contribution in [-0.2, 0) is 20.8 Å². The number of carbonyl (C=O) groups is 1. The molecule has 0 saturated carbocycles. The molecule has 3 heterocycles. The number of nitrogens with zero attached hydrogens (tertiary/aromatic N) is 3. The lowest BCUT2D eigenvalue weighted by atomic mass is 9.81. The Labute approximate surface area is 122 Å². The number of esters is 1. The maximum atomic E-state index is 12.1. The van der Waals surface area contributed by atoms with Crippen molar-refractivity contribution in [2.75, 3.05) is 40.0 Å². The first-order chi connectivity index (χ1) is 9.64. The molecule has 0 N–H and O–H groups in total. The SMILES string of the molecule is COC(=O)[C@@]12COC[C@@H]1CN(CCn1cc(Cl)cn1)C2. The highest BCUT2D eigenvalue weighted by Gasteiger charge is 2.56. The highest BCUT2D eigenvalue weighted by atomic mass is 35.5. The van der Waals surface area contributed by atoms with Crippen molar-refractivity contribution in [3.63, 3.8) is 0 Å². The second kappa shape index (κ2) is 5.35. The number of likely N-dealkylation sites (tertiary alicyclic amines) is 1. The van der Waals surface area contributed by atoms with Crippen LogP contribution in [0.2, 0.25) is 5.02 Å². The van der Waals surface area contributed by atoms with Crippen LogP contribution < -0.4 is 0 Å². The largest absolute Gasteiger partial charge is 0.468 e. The molecular formula is C13H18ClN3O3. The number of aromatic nitrogens is 2. The zero-order valence-corrected chi connectivity index (χ0v) is 12.2. The van der Waals surface area contributed by atoms with E-state index in [1.54, 1.807) is 12.4 Å². The van der Waals surface area contributed by atoms with Crippen LogP contribution in [0.25, 0.3) is 0 Å². The molecule has 0 aliphatic carbocycles. The van der Waals surface area contributed by atoms with Crippen molar-refractivity contribution in [1.29, 1.82) is 0 Å². The maximum Gasteiger partial charge on any atom is 0.315 e. The second-order valence-corrected chi connectivity index (χ2v) is 5.95. The van der Waals surface area contributed by atoms with Gasteiger partial charge in [0.15, 0.2) is 0 Å². The third kappa shape index (κ3) is 2.32. The number of fused-ring (bicyclic) bond motifs is 1. The van der Waals surface area contributed by atoms with Gasteiger partial charge in [0.25, 0.3) is 0 Å². The van der Waals surface area contributed by atoms with Crippen molar-refractivity contribution in [3.8, 4) is 0 Å². The third-order valence-electron chi connectivity index (χ3n) is 4.28. The van der Waals surface area contributed by atoms with Crippen LogP contribution in [0.1, 0.15) is 0 Å². The predicted octanol–water partition coefficient (Wildman–Crippen LogP) is 0.658. The number of hydrogen-bond acceptors (Lipinski definition) is 5. The van der Waals surface area contributed by atoms with Gasteiger partial charge in [-0.15, -0.1) is 0 Å². The Hall–Kier alpha value is -1.11. The molecule has 2 atom stereocenters. The smallest absolute Gasteiger partial charge is 0.315 e. The van der Waals surface area contributed by atoms with Crippen molar-refractivity contribution >= 4 is 17.6 Å². The fourth-order valence-electron chi connectivity index (χ4n) is 3.21. The van der Waals surface area contributed by atoms with Gasteiger partial charge in [-0.25, -0.2) is 0 Å². The van der Waals surface area contributed by atoms with E-state index in [4.69, 9.17) is 21.1 Å². The van der Waals surface area contributed by atoms with Crippen LogP contribution >= 0.6 is 11.6 Å². The van der Waals surface area contributed by atoms with Crippen molar-refractivity contribution in [1.82, 2.24) is 14.7 Å². The Morgan fingerprint density at radius 1 is 1.65 bits per heavy atom. The average molecular weight is 300 g/mol. The van der Waals surface area contributed by atoms with Gasteiger partial charge in [-0.05, 0) is 0 Å². The summed E-state index contributed by atoms with van der Waals surface area (Å²) in [5.41, 5.74) is -0.476. The number of carbonyl (C=O) groups excluding carboxylic acids is 1. The summed E-state index contributed by atoms with van der Waals surface area (Å²) in [5, 5.41) is 4.80. The Kier molecular flexibility index (Phi) is 3.70. The van der Waals surface area contributed by atoms with Gasteiger partial charge in [-0.3, -0.25) is 14.4 Å². The first-order valence-electron chi connectivity index (χ1n) is 6.70. The van der Waals surface area contributed by atoms with Crippen LogP contribution in [0.3, 0.4) is 0 Å². The Bertz CT molecular complexity index is 507. The summed E-state index contributed by atoms with van der Waals surface area (Å²) < 4.78 is 12.3. The molecule has 2 aliphatic rings. The van der Waals surface area contributed by atoms with E-state index in [-0.39, 0.29) is 11.9 Å². The summed E-state index contributed by atoms with van der Waals surface area (Å²) in [6, 6.07) is 0. The maximum absolute atomic E-state index is 12.1. The zero-order valence-electron chi connectivity index (χ0n) is 11.4. The molecule has 0 radical (unpaired) electrons. The summed E-state index contributed by atoms with van der Waals surface area (Å²) in [5.74, 6) is 0.0841. The predicted molar refractivity (Wildman–Crippen MR) is 72.4 cm³/mol. The number of hydrogen-bond donors (Lipinski definition) is 0. The molecule has 0 amide bonds. The Balaban J connectivity index is 1.62. The third-order valence-corrected chi connectivity index (χ3v) is 4.48. The van der Waals surface area contributed by atoms with Crippen LogP contribution in [-0.4, -0.2) is 60.6 Å². The molecular weight excluding hydrogens is 282 g/mol. The molecule has 1 aromatic rings. The number of halogens is 1. The average Bonchev–Trinajstić information content (AvgIpc) is 3.09. The number of methoxy groups -OCH3 is 1. The fraction of sp³-hybridized carbons (Fsp3) is 0.692. The summed E-state index contributed by atoms with van der Waals surface area (Å²) >= 11 is 5.84. The molecule has 0 unspecified atom stereocenters. The molecule has 2 fully saturated rings. The van der Waals surface area contributed by atoms with Gasteiger partial charge in [0.1, 0.15) is 5.41 Å². The van der Waals surface area contributed by atoms with E-state index in [0.29, 0.717) is 24.8 Å². The van der Waals surface area contributed by atoms with Gasteiger partial charge < -0.3 is 9.47 Å². The summed E-state index contributed by atoms with van der Waals surface area (Å²) in [7, 11) is 1.45. The molecule has 110 valence electrons. The van der Waals surface area contributed by atoms with E-state index in [0.717, 1.165) is 19.6 Å². The lowest BCUT2D eigenvalue weighted by Crippen LogP contribution is -2.40. The minimum Gasteiger partial charge on any atom is -0.468 e. The molecule has 2 saturated heterocycles. The normalized spacial score (nSPS) is 29.6. The molecule has 0 spiro atoms. The van der Waals surface area contributed by atoms with Crippen molar-refractivity contribution in [2.45, 2.75) is 6.54 Å². The lowest BCUT2D eigenvalue weighted by molar-refractivity contribution is -0.153. The van der Waals surface area contributed by atoms with Crippen molar-refractivity contribution in [2.24, 2.45) is 11.3 Å². The quantitative estimate of drug-likeness (QED) is 0.765. The van der Waals surface area contributed by atoms with Gasteiger partial charge in [-0.1, -0.05) is 11.6 Å². The monoisotopic (exact) mass is 299 g/mol. The highest BCUT2D eigenvalue weighted by molar-refractivity contribution is 6.30. The number of ether oxygens (including phenoxy) is 2. The highest BCUT2D eigenvalue weighted by Crippen LogP contribution is 2.42. The van der Waals surface area contributed by atoms with Gasteiger partial charge in [0.05, 0.1) is 38.1 Å². The molecule has 20 heavy (non-hydrogen) atoms. The first kappa shape index (κ1) is 13.9. The van der Waals surface area contributed by atoms with Gasteiger partial charge >= 0.3 is 5.97 Å². The van der Waals surface area contributed by atoms with Crippen LogP contribution in [0, 0.1) is 11.3 Å². The van der Waals surface area contributed by atoms with E-state index in [1.807, 2.05) is 4.68 Å². The van der Waals surface area contributed by atoms with E-state index in [1.165, 1.54) is 7.11 Å². The standard InChI is InChI=1S/C13H18ClN3O3/c1-19-12(18)13-8-16(5-10(13)7-20-9-13)2-3-17-6-11(14)4-15-17/h4,6,10H,2-3,5,7-9H2,1H3/t10-,13-/m0/s1. The van der Waals surface area contributed by atoms with Crippen LogP contribution in [0.15, 0.2) is 12.4 Å². The van der Waals surface area contributed by atoms with Gasteiger partial charge in [-0.2, -0.15) is 5.10 Å². The van der Waals surface area contributed by atoms with Crippen LogP contribution in [0.5, 0.6) is 0 Å². The van der Waals surface area contributed by atoms with Crippen molar-refractivity contribution < 1.29 is 14.3 Å². The van der Waals surface area contributed by atoms with Gasteiger partial charge in [0.2, 0.25) is 0 Å². The summed E-state index contributed by atoms with van der Waals surface area (Å²) in [6.45, 7) is 4.27. The van der Waals surface area contributed by atoms with E-state index in [9.17, 15) is 4.79 Å². The van der Waals surface area contributed by atoms with E-state index < -0.39 is 5.41 Å². The minimum atomic E-state index is -0.476. The second-order valence-electron chi connectivity index (χ2n) is 5.52. The lowest BCUT2D eigenvalue weighted by Gasteiger charge is -2.23. The fourth-order valence-corrected chi connectivity index (χ4v) is 3.36. The van der Waals surface area contributed by atoms with E-state index >= 15 is 0 Å². The molecule has 1 aromatic heterocycles. The molecule has 0 aromatic carbocycles. The van der Waals surface area contributed by atoms with E-state index in [2.05, 4.69) is 10.00 Å². The Morgan fingerprint density at radius 3 is 3.20 bits per heavy atom.